The lowest BCUT2D eigenvalue weighted by Gasteiger charge is -2.32. The highest BCUT2D eigenvalue weighted by Crippen LogP contribution is 2.22. The summed E-state index contributed by atoms with van der Waals surface area (Å²) in [6.45, 7) is 5.54. The molecule has 0 heterocycles. The summed E-state index contributed by atoms with van der Waals surface area (Å²) in [4.78, 5) is 43.0. The number of rotatable bonds is 10. The topological polar surface area (TPSA) is 84.9 Å². The Kier molecular flexibility index (Phi) is 8.22. The highest BCUT2D eigenvalue weighted by atomic mass is 16.7. The molecular formula is C26H32N2O5. The molecule has 0 saturated carbocycles. The van der Waals surface area contributed by atoms with Gasteiger partial charge in [0.15, 0.2) is 0 Å². The third-order valence-electron chi connectivity index (χ3n) is 5.35. The molecule has 0 bridgehead atoms. The molecule has 0 spiro atoms. The van der Waals surface area contributed by atoms with Crippen LogP contribution in [0.15, 0.2) is 54.6 Å². The molecule has 7 nitrogen and oxygen atoms in total. The predicted molar refractivity (Wildman–Crippen MR) is 124 cm³/mol. The maximum Gasteiger partial charge on any atom is 0.306 e. The quantitative estimate of drug-likeness (QED) is 0.340. The van der Waals surface area contributed by atoms with Crippen LogP contribution < -0.4 is 5.32 Å². The average molecular weight is 453 g/mol. The summed E-state index contributed by atoms with van der Waals surface area (Å²) in [5, 5.41) is 4.05. The van der Waals surface area contributed by atoms with Crippen molar-refractivity contribution in [2.45, 2.75) is 70.7 Å². The van der Waals surface area contributed by atoms with Gasteiger partial charge in [0.05, 0.1) is 5.60 Å². The Morgan fingerprint density at radius 1 is 1.06 bits per heavy atom. The summed E-state index contributed by atoms with van der Waals surface area (Å²) in [6, 6.07) is 16.4. The van der Waals surface area contributed by atoms with Crippen LogP contribution in [-0.2, 0) is 43.4 Å². The maximum atomic E-state index is 13.2. The minimum atomic E-state index is -0.949. The number of fused-ring (bicyclic) bond motifs is 1. The first-order valence-electron chi connectivity index (χ1n) is 11.2. The number of hydrogen-bond donors (Lipinski definition) is 1. The molecule has 0 fully saturated rings. The summed E-state index contributed by atoms with van der Waals surface area (Å²) in [5.74, 6) is -0.786. The number of benzene rings is 2. The Balaban J connectivity index is 1.62. The van der Waals surface area contributed by atoms with E-state index < -0.39 is 17.6 Å². The van der Waals surface area contributed by atoms with Crippen LogP contribution in [0.25, 0.3) is 0 Å². The third kappa shape index (κ3) is 7.43. The van der Waals surface area contributed by atoms with E-state index in [9.17, 15) is 14.4 Å². The second-order valence-electron chi connectivity index (χ2n) is 9.25. The third-order valence-corrected chi connectivity index (χ3v) is 5.35. The van der Waals surface area contributed by atoms with E-state index in [1.165, 1.54) is 11.1 Å². The number of amides is 2. The van der Waals surface area contributed by atoms with E-state index in [1.54, 1.807) is 20.8 Å². The van der Waals surface area contributed by atoms with Crippen LogP contribution in [-0.4, -0.2) is 41.0 Å². The normalized spacial score (nSPS) is 14.3. The molecule has 1 aliphatic carbocycles. The van der Waals surface area contributed by atoms with E-state index in [1.807, 2.05) is 42.5 Å². The highest BCUT2D eigenvalue weighted by Gasteiger charge is 2.32. The van der Waals surface area contributed by atoms with Gasteiger partial charge in [0.1, 0.15) is 12.6 Å². The van der Waals surface area contributed by atoms with Gasteiger partial charge in [0.2, 0.25) is 12.3 Å². The zero-order valence-corrected chi connectivity index (χ0v) is 19.5. The number of ether oxygens (including phenoxy) is 1. The van der Waals surface area contributed by atoms with Gasteiger partial charge < -0.3 is 10.1 Å². The molecule has 0 radical (unpaired) electrons. The molecule has 0 saturated heterocycles. The Morgan fingerprint density at radius 3 is 2.24 bits per heavy atom. The van der Waals surface area contributed by atoms with Crippen molar-refractivity contribution in [2.75, 3.05) is 0 Å². The number of nitrogens with zero attached hydrogens (tertiary/aromatic N) is 1. The lowest BCUT2D eigenvalue weighted by Crippen LogP contribution is -2.51. The molecule has 3 rings (SSSR count). The fraction of sp³-hybridized carbons (Fsp3) is 0.423. The summed E-state index contributed by atoms with van der Waals surface area (Å²) >= 11 is 0. The zero-order valence-electron chi connectivity index (χ0n) is 19.5. The van der Waals surface area contributed by atoms with Crippen LogP contribution >= 0.6 is 0 Å². The largest absolute Gasteiger partial charge is 0.461 e. The highest BCUT2D eigenvalue weighted by molar-refractivity contribution is 5.84. The van der Waals surface area contributed by atoms with E-state index in [0.29, 0.717) is 6.41 Å². The minimum Gasteiger partial charge on any atom is -0.461 e. The van der Waals surface area contributed by atoms with Gasteiger partial charge in [-0.05, 0) is 56.7 Å². The SMILES string of the molecule is CC(C)(C)ON(C=O)[C@@H](CCC(=O)OCc1ccccc1)C(=O)NC1Cc2ccccc2C1. The predicted octanol–water partition coefficient (Wildman–Crippen LogP) is 3.35. The van der Waals surface area contributed by atoms with Crippen LogP contribution in [0.3, 0.4) is 0 Å². The Bertz CT molecular complexity index is 930. The maximum absolute atomic E-state index is 13.2. The smallest absolute Gasteiger partial charge is 0.306 e. The lowest BCUT2D eigenvalue weighted by molar-refractivity contribution is -0.232. The van der Waals surface area contributed by atoms with Crippen LogP contribution in [0.4, 0.5) is 0 Å². The van der Waals surface area contributed by atoms with Gasteiger partial charge in [0, 0.05) is 12.5 Å². The van der Waals surface area contributed by atoms with Crippen molar-refractivity contribution >= 4 is 18.3 Å². The van der Waals surface area contributed by atoms with Crippen molar-refractivity contribution in [3.8, 4) is 0 Å². The van der Waals surface area contributed by atoms with E-state index in [2.05, 4.69) is 17.4 Å². The molecule has 0 unspecified atom stereocenters. The van der Waals surface area contributed by atoms with Crippen LogP contribution in [0.5, 0.6) is 0 Å². The summed E-state index contributed by atoms with van der Waals surface area (Å²) in [6.07, 6.45) is 2.03. The molecule has 2 aromatic carbocycles. The summed E-state index contributed by atoms with van der Waals surface area (Å²) in [5.41, 5.74) is 2.62. The van der Waals surface area contributed by atoms with Crippen molar-refractivity contribution in [1.29, 1.82) is 0 Å². The van der Waals surface area contributed by atoms with E-state index in [0.717, 1.165) is 23.5 Å². The van der Waals surface area contributed by atoms with Crippen molar-refractivity contribution < 1.29 is 24.0 Å². The van der Waals surface area contributed by atoms with Crippen molar-refractivity contribution in [2.24, 2.45) is 0 Å². The van der Waals surface area contributed by atoms with Crippen molar-refractivity contribution in [3.05, 3.63) is 71.3 Å². The van der Waals surface area contributed by atoms with E-state index >= 15 is 0 Å². The molecule has 7 heteroatoms. The fourth-order valence-corrected chi connectivity index (χ4v) is 3.87. The lowest BCUT2D eigenvalue weighted by atomic mass is 10.1. The molecule has 33 heavy (non-hydrogen) atoms. The summed E-state index contributed by atoms with van der Waals surface area (Å²) in [7, 11) is 0. The van der Waals surface area contributed by atoms with Gasteiger partial charge >= 0.3 is 5.97 Å². The molecule has 1 aliphatic rings. The second-order valence-corrected chi connectivity index (χ2v) is 9.25. The van der Waals surface area contributed by atoms with E-state index in [-0.39, 0.29) is 31.4 Å². The fourth-order valence-electron chi connectivity index (χ4n) is 3.87. The van der Waals surface area contributed by atoms with Gasteiger partial charge in [-0.25, -0.2) is 5.06 Å². The Hall–Kier alpha value is -3.19. The monoisotopic (exact) mass is 452 g/mol. The molecule has 1 N–H and O–H groups in total. The molecular weight excluding hydrogens is 420 g/mol. The van der Waals surface area contributed by atoms with Crippen molar-refractivity contribution in [1.82, 2.24) is 10.4 Å². The van der Waals surface area contributed by atoms with Crippen LogP contribution in [0.2, 0.25) is 0 Å². The zero-order chi connectivity index (χ0) is 23.8. The Morgan fingerprint density at radius 2 is 1.67 bits per heavy atom. The average Bonchev–Trinajstić information content (AvgIpc) is 3.19. The van der Waals surface area contributed by atoms with E-state index in [4.69, 9.17) is 9.57 Å². The second kappa shape index (κ2) is 11.1. The molecule has 176 valence electrons. The number of carbonyl (C=O) groups excluding carboxylic acids is 3. The van der Waals surface area contributed by atoms with Gasteiger partial charge in [-0.3, -0.25) is 19.2 Å². The first-order valence-corrected chi connectivity index (χ1v) is 11.2. The number of hydroxylamine groups is 2. The number of carbonyl (C=O) groups is 3. The van der Waals surface area contributed by atoms with Gasteiger partial charge in [-0.2, -0.15) is 0 Å². The van der Waals surface area contributed by atoms with Gasteiger partial charge in [0.25, 0.3) is 0 Å². The number of nitrogens with one attached hydrogen (secondary N) is 1. The van der Waals surface area contributed by atoms with Gasteiger partial charge in [-0.1, -0.05) is 54.6 Å². The van der Waals surface area contributed by atoms with Crippen LogP contribution in [0.1, 0.15) is 50.3 Å². The van der Waals surface area contributed by atoms with Crippen molar-refractivity contribution in [3.63, 3.8) is 0 Å². The molecule has 0 aromatic heterocycles. The molecule has 0 aliphatic heterocycles. The number of esters is 1. The first-order chi connectivity index (χ1) is 15.7. The van der Waals surface area contributed by atoms with Gasteiger partial charge in [-0.15, -0.1) is 0 Å². The molecule has 2 amide bonds. The first kappa shape index (κ1) is 24.5. The summed E-state index contributed by atoms with van der Waals surface area (Å²) < 4.78 is 5.33. The van der Waals surface area contributed by atoms with Crippen LogP contribution in [0, 0.1) is 0 Å². The molecule has 1 atom stereocenters. The molecule has 2 aromatic rings. The minimum absolute atomic E-state index is 0.0202. The number of hydrogen-bond acceptors (Lipinski definition) is 5. The Labute approximate surface area is 195 Å². The standard InChI is InChI=1S/C26H32N2O5/c1-26(2,3)33-28(18-29)23(13-14-24(30)32-17-19-9-5-4-6-10-19)25(31)27-22-15-20-11-7-8-12-21(20)16-22/h4-12,18,22-23H,13-17H2,1-3H3,(H,27,31)/t23-/m0/s1.